The average Bonchev–Trinajstić information content (AvgIpc) is 3.13. The van der Waals surface area contributed by atoms with Crippen LogP contribution in [-0.4, -0.2) is 30.3 Å². The number of nitrogens with one attached hydrogen (secondary N) is 1. The van der Waals surface area contributed by atoms with Gasteiger partial charge in [0.1, 0.15) is 6.61 Å². The number of hydrogen-bond donors (Lipinski definition) is 2. The van der Waals surface area contributed by atoms with E-state index in [2.05, 4.69) is 17.2 Å². The number of alkyl carbamates (subject to hydrolysis) is 1. The SMILES string of the molecule is O=C(NCC#Cc1cc(C(F)(F)F)ccc1C(=O)O)OCC1c2ccccc2-c2ccccc21. The molecule has 0 aliphatic heterocycles. The molecule has 34 heavy (non-hydrogen) atoms. The number of carboxylic acid groups (broad SMARTS) is 1. The topological polar surface area (TPSA) is 75.6 Å². The van der Waals surface area contributed by atoms with Gasteiger partial charge in [-0.3, -0.25) is 0 Å². The van der Waals surface area contributed by atoms with Crippen LogP contribution in [0.25, 0.3) is 11.1 Å². The fraction of sp³-hybridized carbons (Fsp3) is 0.154. The highest BCUT2D eigenvalue weighted by molar-refractivity contribution is 5.91. The van der Waals surface area contributed by atoms with Gasteiger partial charge in [-0.15, -0.1) is 0 Å². The van der Waals surface area contributed by atoms with Crippen LogP contribution in [0.3, 0.4) is 0 Å². The summed E-state index contributed by atoms with van der Waals surface area (Å²) in [6.07, 6.45) is -5.37. The number of hydrogen-bond acceptors (Lipinski definition) is 3. The minimum Gasteiger partial charge on any atom is -0.478 e. The number of carbonyl (C=O) groups is 2. The van der Waals surface area contributed by atoms with Crippen molar-refractivity contribution in [1.82, 2.24) is 5.32 Å². The van der Waals surface area contributed by atoms with E-state index in [1.165, 1.54) is 0 Å². The van der Waals surface area contributed by atoms with Crippen molar-refractivity contribution < 1.29 is 32.6 Å². The average molecular weight is 465 g/mol. The van der Waals surface area contributed by atoms with Crippen molar-refractivity contribution in [2.24, 2.45) is 0 Å². The van der Waals surface area contributed by atoms with Crippen LogP contribution in [0.2, 0.25) is 0 Å². The molecule has 0 aromatic heterocycles. The predicted molar refractivity (Wildman–Crippen MR) is 118 cm³/mol. The van der Waals surface area contributed by atoms with Crippen molar-refractivity contribution in [3.8, 4) is 23.0 Å². The second kappa shape index (κ2) is 9.32. The van der Waals surface area contributed by atoms with Gasteiger partial charge in [0.2, 0.25) is 0 Å². The molecule has 1 amide bonds. The molecule has 1 aliphatic carbocycles. The van der Waals surface area contributed by atoms with E-state index in [0.717, 1.165) is 28.3 Å². The molecule has 172 valence electrons. The maximum atomic E-state index is 12.9. The van der Waals surface area contributed by atoms with Gasteiger partial charge in [0.25, 0.3) is 0 Å². The highest BCUT2D eigenvalue weighted by Crippen LogP contribution is 2.44. The van der Waals surface area contributed by atoms with E-state index in [-0.39, 0.29) is 30.2 Å². The van der Waals surface area contributed by atoms with Crippen molar-refractivity contribution in [3.63, 3.8) is 0 Å². The molecule has 0 saturated carbocycles. The minimum absolute atomic E-state index is 0.101. The van der Waals surface area contributed by atoms with Gasteiger partial charge in [-0.1, -0.05) is 60.4 Å². The highest BCUT2D eigenvalue weighted by atomic mass is 19.4. The number of benzene rings is 3. The number of alkyl halides is 3. The molecule has 0 saturated heterocycles. The Balaban J connectivity index is 1.39. The number of aromatic carboxylic acids is 1. The fourth-order valence-electron chi connectivity index (χ4n) is 3.92. The summed E-state index contributed by atoms with van der Waals surface area (Å²) in [5.74, 6) is 3.34. The molecule has 0 fully saturated rings. The van der Waals surface area contributed by atoms with Crippen LogP contribution in [0.5, 0.6) is 0 Å². The number of carbonyl (C=O) groups excluding carboxylic acids is 1. The predicted octanol–water partition coefficient (Wildman–Crippen LogP) is 5.29. The Morgan fingerprint density at radius 3 is 2.18 bits per heavy atom. The largest absolute Gasteiger partial charge is 0.478 e. The van der Waals surface area contributed by atoms with E-state index in [0.29, 0.717) is 12.1 Å². The molecule has 5 nitrogen and oxygen atoms in total. The zero-order chi connectivity index (χ0) is 24.3. The molecule has 3 aromatic rings. The second-order valence-electron chi connectivity index (χ2n) is 7.54. The summed E-state index contributed by atoms with van der Waals surface area (Å²) in [6, 6.07) is 18.0. The number of rotatable bonds is 4. The van der Waals surface area contributed by atoms with Crippen molar-refractivity contribution in [2.75, 3.05) is 13.2 Å². The summed E-state index contributed by atoms with van der Waals surface area (Å²) < 4.78 is 44.1. The number of carboxylic acids is 1. The van der Waals surface area contributed by atoms with Gasteiger partial charge in [-0.25, -0.2) is 9.59 Å². The fourth-order valence-corrected chi connectivity index (χ4v) is 3.92. The molecule has 1 aliphatic rings. The van der Waals surface area contributed by atoms with Crippen LogP contribution in [0.4, 0.5) is 18.0 Å². The van der Waals surface area contributed by atoms with Gasteiger partial charge in [0, 0.05) is 11.5 Å². The molecular formula is C26H18F3NO4. The van der Waals surface area contributed by atoms with E-state index >= 15 is 0 Å². The van der Waals surface area contributed by atoms with E-state index < -0.39 is 23.8 Å². The third kappa shape index (κ3) is 4.74. The summed E-state index contributed by atoms with van der Waals surface area (Å²) in [5.41, 5.74) is 2.63. The van der Waals surface area contributed by atoms with Gasteiger partial charge in [0.05, 0.1) is 17.7 Å². The quantitative estimate of drug-likeness (QED) is 0.513. The van der Waals surface area contributed by atoms with Crippen molar-refractivity contribution in [3.05, 3.63) is 94.5 Å². The number of halogens is 3. The van der Waals surface area contributed by atoms with Crippen LogP contribution < -0.4 is 5.32 Å². The first-order valence-corrected chi connectivity index (χ1v) is 10.3. The lowest BCUT2D eigenvalue weighted by Gasteiger charge is -2.14. The minimum atomic E-state index is -4.63. The van der Waals surface area contributed by atoms with Gasteiger partial charge in [-0.2, -0.15) is 13.2 Å². The van der Waals surface area contributed by atoms with Gasteiger partial charge in [-0.05, 0) is 40.5 Å². The highest BCUT2D eigenvalue weighted by Gasteiger charge is 2.31. The molecule has 0 heterocycles. The Morgan fingerprint density at radius 2 is 1.59 bits per heavy atom. The van der Waals surface area contributed by atoms with Crippen LogP contribution >= 0.6 is 0 Å². The summed E-state index contributed by atoms with van der Waals surface area (Å²) in [4.78, 5) is 23.4. The monoisotopic (exact) mass is 465 g/mol. The molecule has 0 radical (unpaired) electrons. The molecule has 0 unspecified atom stereocenters. The Hall–Kier alpha value is -4.25. The molecule has 4 rings (SSSR count). The maximum Gasteiger partial charge on any atom is 0.416 e. The summed E-state index contributed by atoms with van der Waals surface area (Å²) in [6.45, 7) is -0.129. The third-order valence-corrected chi connectivity index (χ3v) is 5.47. The first-order chi connectivity index (χ1) is 16.3. The number of amides is 1. The van der Waals surface area contributed by atoms with Gasteiger partial charge >= 0.3 is 18.2 Å². The molecule has 3 aromatic carbocycles. The van der Waals surface area contributed by atoms with Crippen LogP contribution in [0, 0.1) is 11.8 Å². The third-order valence-electron chi connectivity index (χ3n) is 5.47. The van der Waals surface area contributed by atoms with Crippen molar-refractivity contribution in [1.29, 1.82) is 0 Å². The van der Waals surface area contributed by atoms with E-state index in [1.54, 1.807) is 0 Å². The lowest BCUT2D eigenvalue weighted by molar-refractivity contribution is -0.137. The van der Waals surface area contributed by atoms with E-state index in [9.17, 15) is 27.9 Å². The molecular weight excluding hydrogens is 447 g/mol. The molecule has 2 N–H and O–H groups in total. The number of fused-ring (bicyclic) bond motifs is 3. The standard InChI is InChI=1S/C26H18F3NO4/c27-26(28,29)17-11-12-18(24(31)32)16(14-17)6-5-13-30-25(33)34-15-23-21-9-3-1-7-19(21)20-8-2-4-10-22(20)23/h1-4,7-12,14,23H,13,15H2,(H,30,33)(H,31,32). The summed E-state index contributed by atoms with van der Waals surface area (Å²) >= 11 is 0. The number of ether oxygens (including phenoxy) is 1. The van der Waals surface area contributed by atoms with Crippen LogP contribution in [-0.2, 0) is 10.9 Å². The Labute approximate surface area is 193 Å². The zero-order valence-electron chi connectivity index (χ0n) is 17.6. The van der Waals surface area contributed by atoms with Crippen LogP contribution in [0.1, 0.15) is 38.5 Å². The van der Waals surface area contributed by atoms with Gasteiger partial charge in [0.15, 0.2) is 0 Å². The van der Waals surface area contributed by atoms with Gasteiger partial charge < -0.3 is 15.2 Å². The normalized spacial score (nSPS) is 12.2. The summed E-state index contributed by atoms with van der Waals surface area (Å²) in [7, 11) is 0. The molecule has 0 bridgehead atoms. The van der Waals surface area contributed by atoms with E-state index in [4.69, 9.17) is 4.74 Å². The first-order valence-electron chi connectivity index (χ1n) is 10.3. The smallest absolute Gasteiger partial charge is 0.416 e. The van der Waals surface area contributed by atoms with E-state index in [1.807, 2.05) is 48.5 Å². The lowest BCUT2D eigenvalue weighted by atomic mass is 9.98. The zero-order valence-corrected chi connectivity index (χ0v) is 17.6. The molecule has 0 atom stereocenters. The Kier molecular flexibility index (Phi) is 6.28. The maximum absolute atomic E-state index is 12.9. The molecule has 8 heteroatoms. The van der Waals surface area contributed by atoms with Crippen LogP contribution in [0.15, 0.2) is 66.7 Å². The Bertz CT molecular complexity index is 1280. The Morgan fingerprint density at radius 1 is 0.971 bits per heavy atom. The molecule has 0 spiro atoms. The van der Waals surface area contributed by atoms with Crippen molar-refractivity contribution in [2.45, 2.75) is 12.1 Å². The second-order valence-corrected chi connectivity index (χ2v) is 7.54. The van der Waals surface area contributed by atoms with Crippen molar-refractivity contribution >= 4 is 12.1 Å². The summed E-state index contributed by atoms with van der Waals surface area (Å²) in [5, 5.41) is 11.6. The first kappa shape index (κ1) is 22.9. The lowest BCUT2D eigenvalue weighted by Crippen LogP contribution is -2.26.